The molecule has 0 radical (unpaired) electrons. The first kappa shape index (κ1) is 20.6. The van der Waals surface area contributed by atoms with Gasteiger partial charge in [-0.1, -0.05) is 42.1 Å². The maximum Gasteiger partial charge on any atom is 0.433 e. The Hall–Kier alpha value is -2.09. The summed E-state index contributed by atoms with van der Waals surface area (Å²) in [5, 5.41) is -0.605. The zero-order chi connectivity index (χ0) is 20.3. The molecule has 1 amide bonds. The lowest BCUT2D eigenvalue weighted by molar-refractivity contribution is -0.141. The number of benzene rings is 1. The van der Waals surface area contributed by atoms with E-state index in [1.54, 1.807) is 37.3 Å². The van der Waals surface area contributed by atoms with Crippen molar-refractivity contribution in [2.24, 2.45) is 0 Å². The van der Waals surface area contributed by atoms with Crippen LogP contribution in [0.3, 0.4) is 0 Å². The van der Waals surface area contributed by atoms with Gasteiger partial charge in [0.2, 0.25) is 5.91 Å². The Morgan fingerprint density at radius 1 is 1.21 bits per heavy atom. The summed E-state index contributed by atoms with van der Waals surface area (Å²) in [6.45, 7) is 4.38. The number of nitrogens with zero attached hydrogens (tertiary/aromatic N) is 3. The van der Waals surface area contributed by atoms with Crippen molar-refractivity contribution < 1.29 is 18.0 Å². The third kappa shape index (κ3) is 4.84. The van der Waals surface area contributed by atoms with Gasteiger partial charge in [0.05, 0.1) is 10.9 Å². The number of thioether (sulfide) groups is 1. The number of hydrogen-bond acceptors (Lipinski definition) is 4. The van der Waals surface area contributed by atoms with Crippen LogP contribution in [0.25, 0.3) is 11.3 Å². The molecule has 1 aliphatic heterocycles. The molecule has 0 saturated carbocycles. The maximum absolute atomic E-state index is 13.3. The number of piperidine rings is 1. The van der Waals surface area contributed by atoms with Gasteiger partial charge in [0.25, 0.3) is 0 Å². The summed E-state index contributed by atoms with van der Waals surface area (Å²) in [5.74, 6) is -0.0838. The molecular formula is C20H22F3N3OS. The first-order chi connectivity index (χ1) is 13.3. The number of hydrogen-bond donors (Lipinski definition) is 0. The lowest BCUT2D eigenvalue weighted by Gasteiger charge is -2.35. The summed E-state index contributed by atoms with van der Waals surface area (Å²) >= 11 is 0.973. The maximum atomic E-state index is 13.3. The first-order valence-electron chi connectivity index (χ1n) is 9.24. The van der Waals surface area contributed by atoms with E-state index in [0.29, 0.717) is 12.1 Å². The second kappa shape index (κ2) is 8.51. The van der Waals surface area contributed by atoms with Crippen LogP contribution >= 0.6 is 11.8 Å². The Morgan fingerprint density at radius 2 is 1.93 bits per heavy atom. The molecule has 150 valence electrons. The van der Waals surface area contributed by atoms with Crippen molar-refractivity contribution in [3.63, 3.8) is 0 Å². The van der Waals surface area contributed by atoms with Crippen molar-refractivity contribution in [3.8, 4) is 11.3 Å². The quantitative estimate of drug-likeness (QED) is 0.524. The molecule has 4 nitrogen and oxygen atoms in total. The molecule has 1 aliphatic rings. The van der Waals surface area contributed by atoms with E-state index in [-0.39, 0.29) is 22.8 Å². The third-order valence-electron chi connectivity index (χ3n) is 4.78. The van der Waals surface area contributed by atoms with Gasteiger partial charge in [-0.25, -0.2) is 9.97 Å². The molecule has 0 unspecified atom stereocenters. The standard InChI is InChI=1S/C20H22F3N3OS/c1-13-8-6-7-11-26(13)18(27)14(2)28-19-24-16(15-9-4-3-5-10-15)12-17(25-19)20(21,22)23/h3-5,9-10,12-14H,6-8,11H2,1-2H3/t13-,14-/m1/s1. The number of carbonyl (C=O) groups is 1. The molecule has 1 saturated heterocycles. The minimum Gasteiger partial charge on any atom is -0.339 e. The smallest absolute Gasteiger partial charge is 0.339 e. The Labute approximate surface area is 166 Å². The van der Waals surface area contributed by atoms with Crippen LogP contribution in [0.1, 0.15) is 38.8 Å². The van der Waals surface area contributed by atoms with Crippen molar-refractivity contribution in [2.45, 2.75) is 55.7 Å². The highest BCUT2D eigenvalue weighted by molar-refractivity contribution is 8.00. The van der Waals surface area contributed by atoms with Gasteiger partial charge in [-0.2, -0.15) is 13.2 Å². The molecule has 2 heterocycles. The predicted molar refractivity (Wildman–Crippen MR) is 103 cm³/mol. The highest BCUT2D eigenvalue weighted by atomic mass is 32.2. The average molecular weight is 409 g/mol. The van der Waals surface area contributed by atoms with Crippen LogP contribution in [-0.4, -0.2) is 38.6 Å². The summed E-state index contributed by atoms with van der Waals surface area (Å²) in [4.78, 5) is 22.5. The van der Waals surface area contributed by atoms with Gasteiger partial charge in [-0.3, -0.25) is 4.79 Å². The molecule has 0 aliphatic carbocycles. The average Bonchev–Trinajstić information content (AvgIpc) is 2.67. The van der Waals surface area contributed by atoms with Crippen molar-refractivity contribution >= 4 is 17.7 Å². The van der Waals surface area contributed by atoms with Crippen molar-refractivity contribution in [1.82, 2.24) is 14.9 Å². The summed E-state index contributed by atoms with van der Waals surface area (Å²) in [6.07, 6.45) is -1.60. The van der Waals surface area contributed by atoms with Gasteiger partial charge in [0.15, 0.2) is 5.16 Å². The second-order valence-corrected chi connectivity index (χ2v) is 8.23. The molecule has 2 atom stereocenters. The van der Waals surface area contributed by atoms with E-state index in [4.69, 9.17) is 0 Å². The van der Waals surface area contributed by atoms with Gasteiger partial charge in [-0.05, 0) is 39.2 Å². The molecule has 0 spiro atoms. The topological polar surface area (TPSA) is 46.1 Å². The van der Waals surface area contributed by atoms with Gasteiger partial charge in [0.1, 0.15) is 5.69 Å². The summed E-state index contributed by atoms with van der Waals surface area (Å²) in [7, 11) is 0. The van der Waals surface area contributed by atoms with Crippen LogP contribution in [0.4, 0.5) is 13.2 Å². The SMILES string of the molecule is C[C@@H]1CCCCN1C(=O)[C@@H](C)Sc1nc(-c2ccccc2)cc(C(F)(F)F)n1. The Kier molecular flexibility index (Phi) is 6.27. The number of likely N-dealkylation sites (tertiary alicyclic amines) is 1. The van der Waals surface area contributed by atoms with Crippen LogP contribution in [-0.2, 0) is 11.0 Å². The van der Waals surface area contributed by atoms with E-state index < -0.39 is 17.1 Å². The van der Waals surface area contributed by atoms with Crippen LogP contribution in [0, 0.1) is 0 Å². The van der Waals surface area contributed by atoms with Crippen LogP contribution < -0.4 is 0 Å². The summed E-state index contributed by atoms with van der Waals surface area (Å²) in [5.41, 5.74) is -0.243. The van der Waals surface area contributed by atoms with E-state index in [1.165, 1.54) is 0 Å². The van der Waals surface area contributed by atoms with Gasteiger partial charge in [-0.15, -0.1) is 0 Å². The molecule has 28 heavy (non-hydrogen) atoms. The highest BCUT2D eigenvalue weighted by Crippen LogP contribution is 2.33. The Morgan fingerprint density at radius 3 is 2.57 bits per heavy atom. The molecule has 0 bridgehead atoms. The molecule has 3 rings (SSSR count). The van der Waals surface area contributed by atoms with Gasteiger partial charge < -0.3 is 4.90 Å². The zero-order valence-corrected chi connectivity index (χ0v) is 16.6. The van der Waals surface area contributed by atoms with Crippen LogP contribution in [0.5, 0.6) is 0 Å². The normalized spacial score (nSPS) is 18.8. The number of alkyl halides is 3. The number of amides is 1. The second-order valence-electron chi connectivity index (χ2n) is 6.92. The zero-order valence-electron chi connectivity index (χ0n) is 15.7. The summed E-state index contributed by atoms with van der Waals surface area (Å²) < 4.78 is 40.0. The fourth-order valence-electron chi connectivity index (χ4n) is 3.25. The Bertz CT molecular complexity index is 829. The number of halogens is 3. The first-order valence-corrected chi connectivity index (χ1v) is 10.1. The Balaban J connectivity index is 1.87. The number of rotatable bonds is 4. The fraction of sp³-hybridized carbons (Fsp3) is 0.450. The summed E-state index contributed by atoms with van der Waals surface area (Å²) in [6, 6.07) is 9.74. The van der Waals surface area contributed by atoms with Gasteiger partial charge >= 0.3 is 6.18 Å². The van der Waals surface area contributed by atoms with E-state index >= 15 is 0 Å². The van der Waals surface area contributed by atoms with E-state index in [0.717, 1.165) is 37.1 Å². The van der Waals surface area contributed by atoms with Gasteiger partial charge in [0, 0.05) is 18.2 Å². The molecule has 8 heteroatoms. The molecule has 1 aromatic heterocycles. The fourth-order valence-corrected chi connectivity index (χ4v) is 4.10. The third-order valence-corrected chi connectivity index (χ3v) is 5.73. The highest BCUT2D eigenvalue weighted by Gasteiger charge is 2.35. The molecular weight excluding hydrogens is 387 g/mol. The van der Waals surface area contributed by atoms with Crippen LogP contribution in [0.2, 0.25) is 0 Å². The van der Waals surface area contributed by atoms with Crippen LogP contribution in [0.15, 0.2) is 41.6 Å². The monoisotopic (exact) mass is 409 g/mol. The van der Waals surface area contributed by atoms with Crippen molar-refractivity contribution in [2.75, 3.05) is 6.54 Å². The van der Waals surface area contributed by atoms with E-state index in [2.05, 4.69) is 9.97 Å². The lowest BCUT2D eigenvalue weighted by atomic mass is 10.0. The minimum atomic E-state index is -4.59. The van der Waals surface area contributed by atoms with Crippen molar-refractivity contribution in [3.05, 3.63) is 42.1 Å². The van der Waals surface area contributed by atoms with Crippen molar-refractivity contribution in [1.29, 1.82) is 0 Å². The molecule has 2 aromatic rings. The number of carbonyl (C=O) groups excluding carboxylic acids is 1. The lowest BCUT2D eigenvalue weighted by Crippen LogP contribution is -2.45. The molecule has 1 fully saturated rings. The predicted octanol–water partition coefficient (Wildman–Crippen LogP) is 5.04. The largest absolute Gasteiger partial charge is 0.433 e. The molecule has 0 N–H and O–H groups in total. The molecule has 1 aromatic carbocycles. The van der Waals surface area contributed by atoms with E-state index in [1.807, 2.05) is 11.8 Å². The minimum absolute atomic E-state index is 0.0424. The van der Waals surface area contributed by atoms with E-state index in [9.17, 15) is 18.0 Å². The number of aromatic nitrogens is 2.